The standard InChI is InChI=1S/C26H26N2O6/c1-3-4-15-33-22-12-8-20(9-13-22)26(31)34-23-14-5-18(16-24(23)32-2)17-27-28-25(30)19-6-10-21(29)11-7-19/h5-14,16-17,29H,3-4,15H2,1-2H3,(H,28,30)/b27-17+. The summed E-state index contributed by atoms with van der Waals surface area (Å²) < 4.78 is 16.4. The number of carbonyl (C=O) groups is 2. The van der Waals surface area contributed by atoms with Crippen molar-refractivity contribution in [2.45, 2.75) is 19.8 Å². The van der Waals surface area contributed by atoms with Crippen molar-refractivity contribution >= 4 is 18.1 Å². The predicted molar refractivity (Wildman–Crippen MR) is 128 cm³/mol. The van der Waals surface area contributed by atoms with E-state index >= 15 is 0 Å². The van der Waals surface area contributed by atoms with Gasteiger partial charge in [-0.3, -0.25) is 4.79 Å². The Morgan fingerprint density at radius 1 is 0.971 bits per heavy atom. The zero-order valence-corrected chi connectivity index (χ0v) is 19.0. The number of methoxy groups -OCH3 is 1. The second-order valence-corrected chi connectivity index (χ2v) is 7.27. The molecule has 3 aromatic rings. The monoisotopic (exact) mass is 462 g/mol. The highest BCUT2D eigenvalue weighted by Crippen LogP contribution is 2.28. The number of ether oxygens (including phenoxy) is 3. The smallest absolute Gasteiger partial charge is 0.343 e. The summed E-state index contributed by atoms with van der Waals surface area (Å²) in [5.74, 6) is 0.407. The van der Waals surface area contributed by atoms with Crippen molar-refractivity contribution in [3.05, 3.63) is 83.4 Å². The molecule has 8 nitrogen and oxygen atoms in total. The third-order valence-corrected chi connectivity index (χ3v) is 4.76. The Hall–Kier alpha value is -4.33. The molecule has 0 saturated carbocycles. The first kappa shape index (κ1) is 24.3. The van der Waals surface area contributed by atoms with Crippen LogP contribution in [-0.4, -0.2) is 36.9 Å². The van der Waals surface area contributed by atoms with Crippen LogP contribution in [0, 0.1) is 0 Å². The lowest BCUT2D eigenvalue weighted by Crippen LogP contribution is -2.17. The van der Waals surface area contributed by atoms with Crippen LogP contribution in [0.4, 0.5) is 0 Å². The van der Waals surface area contributed by atoms with Crippen molar-refractivity contribution in [3.8, 4) is 23.0 Å². The molecule has 0 fully saturated rings. The number of hydrogen-bond donors (Lipinski definition) is 2. The molecule has 2 N–H and O–H groups in total. The first-order valence-corrected chi connectivity index (χ1v) is 10.8. The fraction of sp³-hybridized carbons (Fsp3) is 0.192. The van der Waals surface area contributed by atoms with Gasteiger partial charge in [-0.1, -0.05) is 13.3 Å². The molecular weight excluding hydrogens is 436 g/mol. The number of amides is 1. The van der Waals surface area contributed by atoms with E-state index in [0.717, 1.165) is 12.8 Å². The zero-order chi connectivity index (χ0) is 24.3. The Kier molecular flexibility index (Phi) is 8.62. The number of esters is 1. The Balaban J connectivity index is 1.60. The van der Waals surface area contributed by atoms with Crippen LogP contribution in [-0.2, 0) is 0 Å². The number of hydrogen-bond acceptors (Lipinski definition) is 7. The lowest BCUT2D eigenvalue weighted by Gasteiger charge is -2.10. The number of rotatable bonds is 10. The molecule has 3 rings (SSSR count). The second kappa shape index (κ2) is 12.1. The Morgan fingerprint density at radius 2 is 1.68 bits per heavy atom. The van der Waals surface area contributed by atoms with Gasteiger partial charge in [0.25, 0.3) is 5.91 Å². The fourth-order valence-electron chi connectivity index (χ4n) is 2.87. The average molecular weight is 463 g/mol. The van der Waals surface area contributed by atoms with E-state index in [1.165, 1.54) is 37.6 Å². The van der Waals surface area contributed by atoms with Crippen LogP contribution in [0.15, 0.2) is 71.8 Å². The van der Waals surface area contributed by atoms with Crippen LogP contribution in [0.3, 0.4) is 0 Å². The van der Waals surface area contributed by atoms with Crippen LogP contribution in [0.2, 0.25) is 0 Å². The molecule has 0 aliphatic carbocycles. The fourth-order valence-corrected chi connectivity index (χ4v) is 2.87. The van der Waals surface area contributed by atoms with Crippen LogP contribution in [0.25, 0.3) is 0 Å². The van der Waals surface area contributed by atoms with Crippen molar-refractivity contribution in [3.63, 3.8) is 0 Å². The second-order valence-electron chi connectivity index (χ2n) is 7.27. The van der Waals surface area contributed by atoms with Crippen LogP contribution < -0.4 is 19.6 Å². The van der Waals surface area contributed by atoms with E-state index in [-0.39, 0.29) is 11.5 Å². The summed E-state index contributed by atoms with van der Waals surface area (Å²) in [6.07, 6.45) is 3.45. The molecule has 8 heteroatoms. The summed E-state index contributed by atoms with van der Waals surface area (Å²) in [5.41, 5.74) is 3.77. The van der Waals surface area contributed by atoms with Crippen LogP contribution >= 0.6 is 0 Å². The van der Waals surface area contributed by atoms with E-state index in [1.807, 2.05) is 0 Å². The average Bonchev–Trinajstić information content (AvgIpc) is 2.85. The van der Waals surface area contributed by atoms with Gasteiger partial charge in [-0.15, -0.1) is 0 Å². The number of benzene rings is 3. The summed E-state index contributed by atoms with van der Waals surface area (Å²) in [5, 5.41) is 13.2. The Labute approximate surface area is 197 Å². The van der Waals surface area contributed by atoms with Crippen molar-refractivity contribution < 1.29 is 28.9 Å². The van der Waals surface area contributed by atoms with Gasteiger partial charge in [0.15, 0.2) is 11.5 Å². The van der Waals surface area contributed by atoms with Gasteiger partial charge in [-0.25, -0.2) is 10.2 Å². The summed E-state index contributed by atoms with van der Waals surface area (Å²) in [6.45, 7) is 2.72. The molecule has 0 aromatic heterocycles. The minimum Gasteiger partial charge on any atom is -0.508 e. The topological polar surface area (TPSA) is 106 Å². The highest BCUT2D eigenvalue weighted by Gasteiger charge is 2.13. The van der Waals surface area contributed by atoms with Crippen molar-refractivity contribution in [1.82, 2.24) is 5.43 Å². The highest BCUT2D eigenvalue weighted by molar-refractivity contribution is 5.95. The van der Waals surface area contributed by atoms with E-state index in [1.54, 1.807) is 42.5 Å². The number of carbonyl (C=O) groups excluding carboxylic acids is 2. The number of unbranched alkanes of at least 4 members (excludes halogenated alkanes) is 1. The van der Waals surface area contributed by atoms with Crippen molar-refractivity contribution in [2.75, 3.05) is 13.7 Å². The number of phenolic OH excluding ortho intramolecular Hbond substituents is 1. The van der Waals surface area contributed by atoms with Crippen LogP contribution in [0.1, 0.15) is 46.0 Å². The maximum atomic E-state index is 12.5. The number of phenols is 1. The third-order valence-electron chi connectivity index (χ3n) is 4.76. The van der Waals surface area contributed by atoms with E-state index < -0.39 is 11.9 Å². The van der Waals surface area contributed by atoms with E-state index in [0.29, 0.717) is 34.8 Å². The molecule has 0 radical (unpaired) electrons. The Bertz CT molecular complexity index is 1140. The lowest BCUT2D eigenvalue weighted by molar-refractivity contribution is 0.0729. The van der Waals surface area contributed by atoms with Gasteiger partial charge in [0.05, 0.1) is 25.5 Å². The van der Waals surface area contributed by atoms with E-state index in [4.69, 9.17) is 14.2 Å². The van der Waals surface area contributed by atoms with Gasteiger partial charge in [0, 0.05) is 5.56 Å². The molecule has 1 amide bonds. The normalized spacial score (nSPS) is 10.6. The number of aromatic hydroxyl groups is 1. The predicted octanol–water partition coefficient (Wildman–Crippen LogP) is 4.56. The van der Waals surface area contributed by atoms with Gasteiger partial charge < -0.3 is 19.3 Å². The van der Waals surface area contributed by atoms with Crippen molar-refractivity contribution in [2.24, 2.45) is 5.10 Å². The van der Waals surface area contributed by atoms with E-state index in [2.05, 4.69) is 17.5 Å². The first-order chi connectivity index (χ1) is 16.5. The van der Waals surface area contributed by atoms with Crippen molar-refractivity contribution in [1.29, 1.82) is 0 Å². The molecule has 34 heavy (non-hydrogen) atoms. The molecule has 0 saturated heterocycles. The SMILES string of the molecule is CCCCOc1ccc(C(=O)Oc2ccc(/C=N/NC(=O)c3ccc(O)cc3)cc2OC)cc1. The molecule has 0 bridgehead atoms. The summed E-state index contributed by atoms with van der Waals surface area (Å²) in [7, 11) is 1.46. The number of hydrazone groups is 1. The van der Waals surface area contributed by atoms with Gasteiger partial charge in [0.2, 0.25) is 0 Å². The first-order valence-electron chi connectivity index (χ1n) is 10.8. The molecule has 0 aliphatic rings. The van der Waals surface area contributed by atoms with Crippen LogP contribution in [0.5, 0.6) is 23.0 Å². The molecule has 0 atom stereocenters. The van der Waals surface area contributed by atoms with Gasteiger partial charge in [-0.2, -0.15) is 5.10 Å². The van der Waals surface area contributed by atoms with Gasteiger partial charge in [-0.05, 0) is 78.7 Å². The Morgan fingerprint density at radius 3 is 2.35 bits per heavy atom. The zero-order valence-electron chi connectivity index (χ0n) is 19.0. The third kappa shape index (κ3) is 6.83. The molecule has 0 heterocycles. The quantitative estimate of drug-likeness (QED) is 0.150. The molecule has 0 unspecified atom stereocenters. The maximum absolute atomic E-state index is 12.5. The summed E-state index contributed by atoms with van der Waals surface area (Å²) in [4.78, 5) is 24.6. The highest BCUT2D eigenvalue weighted by atomic mass is 16.6. The van der Waals surface area contributed by atoms with E-state index in [9.17, 15) is 14.7 Å². The molecular formula is C26H26N2O6. The number of nitrogens with one attached hydrogen (secondary N) is 1. The number of nitrogens with zero attached hydrogens (tertiary/aromatic N) is 1. The maximum Gasteiger partial charge on any atom is 0.343 e. The molecule has 3 aromatic carbocycles. The molecule has 0 spiro atoms. The summed E-state index contributed by atoms with van der Waals surface area (Å²) >= 11 is 0. The minimum absolute atomic E-state index is 0.0707. The van der Waals surface area contributed by atoms with Gasteiger partial charge in [0.1, 0.15) is 11.5 Å². The minimum atomic E-state index is -0.527. The lowest BCUT2D eigenvalue weighted by atomic mass is 10.2. The largest absolute Gasteiger partial charge is 0.508 e. The summed E-state index contributed by atoms with van der Waals surface area (Å²) in [6, 6.07) is 17.4. The molecule has 176 valence electrons. The molecule has 0 aliphatic heterocycles. The van der Waals surface area contributed by atoms with Gasteiger partial charge >= 0.3 is 5.97 Å².